The zero-order chi connectivity index (χ0) is 19.6. The zero-order valence-corrected chi connectivity index (χ0v) is 19.5. The van der Waals surface area contributed by atoms with Gasteiger partial charge >= 0.3 is 0 Å². The van der Waals surface area contributed by atoms with E-state index in [0.29, 0.717) is 13.1 Å². The van der Waals surface area contributed by atoms with Gasteiger partial charge in [0.1, 0.15) is 0 Å². The molecule has 0 bridgehead atoms. The molecule has 1 aromatic carbocycles. The molecule has 0 atom stereocenters. The van der Waals surface area contributed by atoms with E-state index in [4.69, 9.17) is 4.99 Å². The molecule has 3 N–H and O–H groups in total. The van der Waals surface area contributed by atoms with Crippen molar-refractivity contribution >= 4 is 35.8 Å². The molecule has 1 aromatic rings. The average Bonchev–Trinajstić information content (AvgIpc) is 2.65. The number of rotatable bonds is 7. The van der Waals surface area contributed by atoms with Gasteiger partial charge in [-0.1, -0.05) is 24.3 Å². The molecule has 1 amide bonds. The number of aliphatic hydroxyl groups is 1. The Morgan fingerprint density at radius 3 is 2.39 bits per heavy atom. The average molecular weight is 503 g/mol. The third kappa shape index (κ3) is 7.92. The summed E-state index contributed by atoms with van der Waals surface area (Å²) < 4.78 is 0. The van der Waals surface area contributed by atoms with Crippen LogP contribution in [0.1, 0.15) is 31.9 Å². The van der Waals surface area contributed by atoms with Crippen molar-refractivity contribution in [3.8, 4) is 0 Å². The van der Waals surface area contributed by atoms with E-state index in [1.165, 1.54) is 0 Å². The van der Waals surface area contributed by atoms with E-state index in [-0.39, 0.29) is 42.5 Å². The number of benzene rings is 1. The molecule has 1 fully saturated rings. The highest BCUT2D eigenvalue weighted by Gasteiger charge is 2.21. The normalized spacial score (nSPS) is 15.3. The summed E-state index contributed by atoms with van der Waals surface area (Å²) in [5.41, 5.74) is 1.96. The Hall–Kier alpha value is -1.39. The van der Waals surface area contributed by atoms with E-state index in [1.807, 2.05) is 38.1 Å². The van der Waals surface area contributed by atoms with E-state index < -0.39 is 0 Å². The number of aliphatic hydroxyl groups excluding tert-OH is 1. The number of carbonyl (C=O) groups is 1. The molecular weight excluding hydrogens is 469 g/mol. The zero-order valence-electron chi connectivity index (χ0n) is 17.1. The smallest absolute Gasteiger partial charge is 0.234 e. The number of halogens is 1. The molecule has 0 aromatic heterocycles. The number of hydrogen-bond donors (Lipinski definition) is 3. The minimum atomic E-state index is 0. The highest BCUT2D eigenvalue weighted by atomic mass is 127. The van der Waals surface area contributed by atoms with Crippen molar-refractivity contribution in [2.24, 2.45) is 4.99 Å². The van der Waals surface area contributed by atoms with Gasteiger partial charge in [-0.2, -0.15) is 0 Å². The number of aliphatic imine (C=N–C) groups is 1. The number of guanidine groups is 1. The van der Waals surface area contributed by atoms with Crippen LogP contribution in [0.25, 0.3) is 0 Å². The van der Waals surface area contributed by atoms with Crippen molar-refractivity contribution in [2.45, 2.75) is 40.0 Å². The lowest BCUT2D eigenvalue weighted by Crippen LogP contribution is -2.54. The Bertz CT molecular complexity index is 631. The first-order valence-corrected chi connectivity index (χ1v) is 9.76. The Kier molecular flexibility index (Phi) is 11.4. The Labute approximate surface area is 185 Å². The first-order chi connectivity index (χ1) is 13.0. The molecule has 8 heteroatoms. The number of piperazine rings is 1. The predicted molar refractivity (Wildman–Crippen MR) is 124 cm³/mol. The van der Waals surface area contributed by atoms with Gasteiger partial charge in [0.2, 0.25) is 5.91 Å². The maximum absolute atomic E-state index is 11.9. The fraction of sp³-hybridized carbons (Fsp3) is 0.600. The molecule has 1 aliphatic heterocycles. The molecule has 1 saturated heterocycles. The van der Waals surface area contributed by atoms with E-state index in [2.05, 4.69) is 27.4 Å². The van der Waals surface area contributed by atoms with E-state index in [9.17, 15) is 9.90 Å². The van der Waals surface area contributed by atoms with Crippen molar-refractivity contribution in [3.05, 3.63) is 35.4 Å². The third-order valence-corrected chi connectivity index (χ3v) is 4.51. The lowest BCUT2D eigenvalue weighted by Gasteiger charge is -2.36. The van der Waals surface area contributed by atoms with Crippen LogP contribution < -0.4 is 10.6 Å². The molecule has 7 nitrogen and oxygen atoms in total. The summed E-state index contributed by atoms with van der Waals surface area (Å²) in [7, 11) is 0. The van der Waals surface area contributed by atoms with Crippen molar-refractivity contribution in [3.63, 3.8) is 0 Å². The molecule has 0 aliphatic carbocycles. The number of amides is 1. The fourth-order valence-corrected chi connectivity index (χ4v) is 3.14. The summed E-state index contributed by atoms with van der Waals surface area (Å²) in [5.74, 6) is 0.969. The summed E-state index contributed by atoms with van der Waals surface area (Å²) in [5, 5.41) is 15.8. The molecule has 1 aliphatic rings. The number of carbonyl (C=O) groups excluding carboxylic acids is 1. The summed E-state index contributed by atoms with van der Waals surface area (Å²) in [6, 6.07) is 8.01. The van der Waals surface area contributed by atoms with Gasteiger partial charge in [-0.15, -0.1) is 24.0 Å². The summed E-state index contributed by atoms with van der Waals surface area (Å²) >= 11 is 0. The molecule has 0 saturated carbocycles. The Morgan fingerprint density at radius 2 is 1.82 bits per heavy atom. The molecular formula is C20H34IN5O2. The van der Waals surface area contributed by atoms with Crippen LogP contribution in [0.5, 0.6) is 0 Å². The second-order valence-electron chi connectivity index (χ2n) is 7.08. The van der Waals surface area contributed by atoms with E-state index in [0.717, 1.165) is 49.8 Å². The van der Waals surface area contributed by atoms with Crippen LogP contribution in [0, 0.1) is 0 Å². The number of hydrogen-bond acceptors (Lipinski definition) is 4. The van der Waals surface area contributed by atoms with Crippen LogP contribution in [-0.4, -0.2) is 72.1 Å². The second-order valence-corrected chi connectivity index (χ2v) is 7.08. The molecule has 0 radical (unpaired) electrons. The Morgan fingerprint density at radius 1 is 1.18 bits per heavy atom. The molecule has 158 valence electrons. The maximum atomic E-state index is 11.9. The van der Waals surface area contributed by atoms with Gasteiger partial charge in [-0.3, -0.25) is 9.69 Å². The quantitative estimate of drug-likeness (QED) is 0.298. The minimum Gasteiger partial charge on any atom is -0.392 e. The van der Waals surface area contributed by atoms with Crippen LogP contribution in [0.3, 0.4) is 0 Å². The summed E-state index contributed by atoms with van der Waals surface area (Å²) in [4.78, 5) is 21.1. The number of nitrogens with one attached hydrogen (secondary N) is 2. The first kappa shape index (κ1) is 24.6. The van der Waals surface area contributed by atoms with Gasteiger partial charge < -0.3 is 20.6 Å². The van der Waals surface area contributed by atoms with Gasteiger partial charge in [0.15, 0.2) is 5.96 Å². The van der Waals surface area contributed by atoms with Crippen LogP contribution >= 0.6 is 24.0 Å². The lowest BCUT2D eigenvalue weighted by molar-refractivity contribution is -0.123. The van der Waals surface area contributed by atoms with Gasteiger partial charge in [-0.25, -0.2) is 4.99 Å². The number of nitrogens with zero attached hydrogens (tertiary/aromatic N) is 3. The fourth-order valence-electron chi connectivity index (χ4n) is 3.14. The topological polar surface area (TPSA) is 80.2 Å². The van der Waals surface area contributed by atoms with Crippen LogP contribution in [0.2, 0.25) is 0 Å². The van der Waals surface area contributed by atoms with Gasteiger partial charge in [-0.05, 0) is 31.9 Å². The first-order valence-electron chi connectivity index (χ1n) is 9.76. The van der Waals surface area contributed by atoms with Crippen molar-refractivity contribution in [1.29, 1.82) is 0 Å². The predicted octanol–water partition coefficient (Wildman–Crippen LogP) is 1.40. The summed E-state index contributed by atoms with van der Waals surface area (Å²) in [6.07, 6.45) is 0. The van der Waals surface area contributed by atoms with Crippen molar-refractivity contribution in [1.82, 2.24) is 20.4 Å². The largest absolute Gasteiger partial charge is 0.392 e. The highest BCUT2D eigenvalue weighted by molar-refractivity contribution is 14.0. The van der Waals surface area contributed by atoms with Crippen LogP contribution in [-0.2, 0) is 17.9 Å². The molecule has 0 unspecified atom stereocenters. The standard InChI is InChI=1S/C20H33N5O2.HI/c1-4-21-20(22-13-17-7-5-6-8-18(17)15-26)25-11-9-24(10-12-25)14-19(27)23-16(2)3;/h5-8,16,26H,4,9-15H2,1-3H3,(H,21,22)(H,23,27);1H. The second kappa shape index (κ2) is 12.9. The van der Waals surface area contributed by atoms with Gasteiger partial charge in [0.05, 0.1) is 19.7 Å². The van der Waals surface area contributed by atoms with Crippen LogP contribution in [0.4, 0.5) is 0 Å². The van der Waals surface area contributed by atoms with Gasteiger partial charge in [0, 0.05) is 38.8 Å². The molecule has 28 heavy (non-hydrogen) atoms. The SMILES string of the molecule is CCNC(=NCc1ccccc1CO)N1CCN(CC(=O)NC(C)C)CC1.I. The summed E-state index contributed by atoms with van der Waals surface area (Å²) in [6.45, 7) is 11.2. The van der Waals surface area contributed by atoms with Crippen molar-refractivity contribution < 1.29 is 9.90 Å². The monoisotopic (exact) mass is 503 g/mol. The minimum absolute atomic E-state index is 0. The van der Waals surface area contributed by atoms with Crippen LogP contribution in [0.15, 0.2) is 29.3 Å². The van der Waals surface area contributed by atoms with E-state index in [1.54, 1.807) is 0 Å². The Balaban J connectivity index is 0.00000392. The lowest BCUT2D eigenvalue weighted by atomic mass is 10.1. The van der Waals surface area contributed by atoms with Crippen molar-refractivity contribution in [2.75, 3.05) is 39.3 Å². The third-order valence-electron chi connectivity index (χ3n) is 4.51. The maximum Gasteiger partial charge on any atom is 0.234 e. The molecule has 0 spiro atoms. The van der Waals surface area contributed by atoms with Gasteiger partial charge in [0.25, 0.3) is 0 Å². The molecule has 1 heterocycles. The molecule has 2 rings (SSSR count). The van der Waals surface area contributed by atoms with E-state index >= 15 is 0 Å². The highest BCUT2D eigenvalue weighted by Crippen LogP contribution is 2.11.